The van der Waals surface area contributed by atoms with E-state index in [1.165, 1.54) is 6.07 Å². The zero-order chi connectivity index (χ0) is 16.7. The van der Waals surface area contributed by atoms with Gasteiger partial charge < -0.3 is 23.9 Å². The van der Waals surface area contributed by atoms with Gasteiger partial charge in [-0.1, -0.05) is 6.07 Å². The van der Waals surface area contributed by atoms with Crippen LogP contribution in [0.3, 0.4) is 0 Å². The van der Waals surface area contributed by atoms with Crippen LogP contribution in [-0.4, -0.2) is 35.2 Å². The number of carbonyl (C=O) groups is 2. The van der Waals surface area contributed by atoms with Crippen molar-refractivity contribution in [1.82, 2.24) is 4.90 Å². The highest BCUT2D eigenvalue weighted by atomic mass is 16.7. The summed E-state index contributed by atoms with van der Waals surface area (Å²) >= 11 is 0. The number of benzene rings is 1. The summed E-state index contributed by atoms with van der Waals surface area (Å²) in [6.45, 7) is 0.803. The van der Waals surface area contributed by atoms with Gasteiger partial charge >= 0.3 is 5.97 Å². The molecule has 0 radical (unpaired) electrons. The Balaban J connectivity index is 1.60. The molecule has 1 amide bonds. The molecule has 2 aliphatic rings. The first-order valence-electron chi connectivity index (χ1n) is 7.66. The summed E-state index contributed by atoms with van der Waals surface area (Å²) in [7, 11) is 0. The van der Waals surface area contributed by atoms with Gasteiger partial charge in [0, 0.05) is 12.6 Å². The predicted octanol–water partition coefficient (Wildman–Crippen LogP) is 2.68. The van der Waals surface area contributed by atoms with E-state index in [1.54, 1.807) is 4.90 Å². The Morgan fingerprint density at radius 2 is 2.00 bits per heavy atom. The van der Waals surface area contributed by atoms with Crippen LogP contribution in [0.1, 0.15) is 45.4 Å². The van der Waals surface area contributed by atoms with Crippen molar-refractivity contribution in [3.05, 3.63) is 47.4 Å². The first-order valence-corrected chi connectivity index (χ1v) is 7.66. The number of likely N-dealkylation sites (tertiary alicyclic amines) is 1. The topological polar surface area (TPSA) is 89.2 Å². The molecule has 4 rings (SSSR count). The lowest BCUT2D eigenvalue weighted by atomic mass is 10.0. The van der Waals surface area contributed by atoms with Gasteiger partial charge in [-0.2, -0.15) is 0 Å². The molecule has 1 atom stereocenters. The average molecular weight is 329 g/mol. The minimum Gasteiger partial charge on any atom is -0.478 e. The van der Waals surface area contributed by atoms with Gasteiger partial charge in [-0.25, -0.2) is 4.79 Å². The quantitative estimate of drug-likeness (QED) is 0.931. The fraction of sp³-hybridized carbons (Fsp3) is 0.294. The molecule has 124 valence electrons. The maximum Gasteiger partial charge on any atom is 0.338 e. The number of carboxylic acid groups (broad SMARTS) is 1. The molecule has 0 unspecified atom stereocenters. The summed E-state index contributed by atoms with van der Waals surface area (Å²) in [4.78, 5) is 25.3. The summed E-state index contributed by atoms with van der Waals surface area (Å²) in [5, 5.41) is 8.95. The number of nitrogens with zero attached hydrogens (tertiary/aromatic N) is 1. The van der Waals surface area contributed by atoms with Crippen LogP contribution in [0.15, 0.2) is 34.9 Å². The van der Waals surface area contributed by atoms with E-state index < -0.39 is 5.97 Å². The first-order chi connectivity index (χ1) is 11.6. The van der Waals surface area contributed by atoms with Crippen molar-refractivity contribution in [3.8, 4) is 11.5 Å². The standard InChI is InChI=1S/C17H15NO6/c19-16(15-7-11(8-22-15)17(20)21)18-5-1-2-12(18)10-3-4-13-14(6-10)24-9-23-13/h3-4,6-8,12H,1-2,5,9H2,(H,20,21)/t12-/m1/s1. The summed E-state index contributed by atoms with van der Waals surface area (Å²) in [5.41, 5.74) is 0.937. The van der Waals surface area contributed by atoms with E-state index in [2.05, 4.69) is 0 Å². The van der Waals surface area contributed by atoms with Gasteiger partial charge in [0.25, 0.3) is 5.91 Å². The highest BCUT2D eigenvalue weighted by Gasteiger charge is 2.33. The summed E-state index contributed by atoms with van der Waals surface area (Å²) in [6.07, 6.45) is 2.79. The number of ether oxygens (including phenoxy) is 2. The number of aromatic carboxylic acids is 1. The number of hydrogen-bond donors (Lipinski definition) is 1. The highest BCUT2D eigenvalue weighted by molar-refractivity contribution is 5.95. The lowest BCUT2D eigenvalue weighted by molar-refractivity contribution is 0.0690. The first kappa shape index (κ1) is 14.6. The predicted molar refractivity (Wildman–Crippen MR) is 81.2 cm³/mol. The summed E-state index contributed by atoms with van der Waals surface area (Å²) in [6, 6.07) is 6.83. The molecule has 3 heterocycles. The lowest BCUT2D eigenvalue weighted by Crippen LogP contribution is -2.30. The second-order valence-corrected chi connectivity index (χ2v) is 5.77. The van der Waals surface area contributed by atoms with Crippen LogP contribution in [0.2, 0.25) is 0 Å². The molecule has 7 nitrogen and oxygen atoms in total. The van der Waals surface area contributed by atoms with E-state index in [0.29, 0.717) is 18.0 Å². The van der Waals surface area contributed by atoms with Gasteiger partial charge in [-0.3, -0.25) is 4.79 Å². The van der Waals surface area contributed by atoms with Crippen LogP contribution in [0.5, 0.6) is 11.5 Å². The van der Waals surface area contributed by atoms with Gasteiger partial charge in [-0.05, 0) is 30.5 Å². The van der Waals surface area contributed by atoms with Crippen LogP contribution in [-0.2, 0) is 0 Å². The van der Waals surface area contributed by atoms with Crippen LogP contribution in [0, 0.1) is 0 Å². The van der Waals surface area contributed by atoms with E-state index in [9.17, 15) is 9.59 Å². The molecular weight excluding hydrogens is 314 g/mol. The van der Waals surface area contributed by atoms with Crippen LogP contribution >= 0.6 is 0 Å². The molecule has 0 spiro atoms. The Kier molecular flexibility index (Phi) is 3.41. The number of amides is 1. The van der Waals surface area contributed by atoms with Crippen molar-refractivity contribution in [2.45, 2.75) is 18.9 Å². The van der Waals surface area contributed by atoms with Crippen LogP contribution < -0.4 is 9.47 Å². The molecule has 1 aromatic heterocycles. The number of furan rings is 1. The normalized spacial score (nSPS) is 18.8. The lowest BCUT2D eigenvalue weighted by Gasteiger charge is -2.24. The maximum absolute atomic E-state index is 12.7. The van der Waals surface area contributed by atoms with E-state index >= 15 is 0 Å². The average Bonchev–Trinajstić information content (AvgIpc) is 3.31. The van der Waals surface area contributed by atoms with Gasteiger partial charge in [0.05, 0.1) is 11.6 Å². The third-order valence-electron chi connectivity index (χ3n) is 4.35. The Hall–Kier alpha value is -2.96. The Bertz CT molecular complexity index is 811. The molecule has 2 aliphatic heterocycles. The molecule has 0 bridgehead atoms. The fourth-order valence-corrected chi connectivity index (χ4v) is 3.18. The van der Waals surface area contributed by atoms with Crippen molar-refractivity contribution in [2.75, 3.05) is 13.3 Å². The minimum atomic E-state index is -1.12. The number of carbonyl (C=O) groups excluding carboxylic acids is 1. The highest BCUT2D eigenvalue weighted by Crippen LogP contribution is 2.39. The SMILES string of the molecule is O=C(O)c1coc(C(=O)N2CCC[C@@H]2c2ccc3c(c2)OCO3)c1. The zero-order valence-electron chi connectivity index (χ0n) is 12.7. The number of fused-ring (bicyclic) bond motifs is 1. The molecule has 1 saturated heterocycles. The van der Waals surface area contributed by atoms with E-state index in [4.69, 9.17) is 19.0 Å². The van der Waals surface area contributed by atoms with Crippen molar-refractivity contribution in [1.29, 1.82) is 0 Å². The van der Waals surface area contributed by atoms with E-state index in [0.717, 1.165) is 24.7 Å². The summed E-state index contributed by atoms with van der Waals surface area (Å²) < 4.78 is 15.9. The second-order valence-electron chi connectivity index (χ2n) is 5.77. The maximum atomic E-state index is 12.7. The number of hydrogen-bond acceptors (Lipinski definition) is 5. The molecule has 1 N–H and O–H groups in total. The monoisotopic (exact) mass is 329 g/mol. The van der Waals surface area contributed by atoms with Crippen LogP contribution in [0.25, 0.3) is 0 Å². The van der Waals surface area contributed by atoms with Crippen molar-refractivity contribution >= 4 is 11.9 Å². The summed E-state index contributed by atoms with van der Waals surface area (Å²) in [5.74, 6) is -0.000952. The molecule has 2 aromatic rings. The Morgan fingerprint density at radius 1 is 1.17 bits per heavy atom. The largest absolute Gasteiger partial charge is 0.478 e. The molecular formula is C17H15NO6. The fourth-order valence-electron chi connectivity index (χ4n) is 3.18. The van der Waals surface area contributed by atoms with Gasteiger partial charge in [0.1, 0.15) is 6.26 Å². The Labute approximate surface area is 137 Å². The molecule has 24 heavy (non-hydrogen) atoms. The number of rotatable bonds is 3. The van der Waals surface area contributed by atoms with Gasteiger partial charge in [0.2, 0.25) is 6.79 Å². The van der Waals surface area contributed by atoms with Crippen molar-refractivity contribution < 1.29 is 28.6 Å². The molecule has 0 saturated carbocycles. The minimum absolute atomic E-state index is 0.0304. The molecule has 1 aromatic carbocycles. The van der Waals surface area contributed by atoms with E-state index in [-0.39, 0.29) is 30.1 Å². The van der Waals surface area contributed by atoms with Crippen molar-refractivity contribution in [2.24, 2.45) is 0 Å². The Morgan fingerprint density at radius 3 is 2.79 bits per heavy atom. The molecule has 1 fully saturated rings. The van der Waals surface area contributed by atoms with Crippen LogP contribution in [0.4, 0.5) is 0 Å². The van der Waals surface area contributed by atoms with Gasteiger partial charge in [-0.15, -0.1) is 0 Å². The molecule has 0 aliphatic carbocycles. The zero-order valence-corrected chi connectivity index (χ0v) is 12.7. The second kappa shape index (κ2) is 5.59. The smallest absolute Gasteiger partial charge is 0.338 e. The third kappa shape index (κ3) is 2.38. The van der Waals surface area contributed by atoms with Gasteiger partial charge in [0.15, 0.2) is 17.3 Å². The van der Waals surface area contributed by atoms with E-state index in [1.807, 2.05) is 18.2 Å². The third-order valence-corrected chi connectivity index (χ3v) is 4.35. The number of carboxylic acids is 1. The molecule has 7 heteroatoms. The van der Waals surface area contributed by atoms with Crippen molar-refractivity contribution in [3.63, 3.8) is 0 Å².